The molecule has 0 aliphatic carbocycles. The lowest BCUT2D eigenvalue weighted by molar-refractivity contribution is -0.0498. The van der Waals surface area contributed by atoms with Gasteiger partial charge in [0.05, 0.1) is 6.54 Å². The molecule has 0 radical (unpaired) electrons. The van der Waals surface area contributed by atoms with E-state index in [9.17, 15) is 8.78 Å². The Labute approximate surface area is 102 Å². The molecular formula is C11H11ClF2N2O. The van der Waals surface area contributed by atoms with Crippen molar-refractivity contribution in [2.24, 2.45) is 4.99 Å². The maximum atomic E-state index is 12.1. The van der Waals surface area contributed by atoms with E-state index in [1.165, 1.54) is 12.1 Å². The van der Waals surface area contributed by atoms with Gasteiger partial charge in [-0.25, -0.2) is 0 Å². The summed E-state index contributed by atoms with van der Waals surface area (Å²) in [5.74, 6) is 0.930. The zero-order valence-electron chi connectivity index (χ0n) is 8.92. The van der Waals surface area contributed by atoms with Crippen LogP contribution in [0.2, 0.25) is 5.02 Å². The molecule has 17 heavy (non-hydrogen) atoms. The topological polar surface area (TPSA) is 33.6 Å². The molecule has 6 heteroatoms. The molecule has 1 aliphatic rings. The van der Waals surface area contributed by atoms with E-state index in [1.807, 2.05) is 0 Å². The zero-order chi connectivity index (χ0) is 12.3. The predicted molar refractivity (Wildman–Crippen MR) is 62.1 cm³/mol. The number of nitrogens with zero attached hydrogens (tertiary/aromatic N) is 1. The summed E-state index contributed by atoms with van der Waals surface area (Å²) < 4.78 is 28.5. The second-order valence-electron chi connectivity index (χ2n) is 3.56. The van der Waals surface area contributed by atoms with Gasteiger partial charge in [0.2, 0.25) is 0 Å². The highest BCUT2D eigenvalue weighted by Gasteiger charge is 2.11. The van der Waals surface area contributed by atoms with E-state index in [-0.39, 0.29) is 5.75 Å². The predicted octanol–water partition coefficient (Wildman–Crippen LogP) is 2.49. The third-order valence-electron chi connectivity index (χ3n) is 2.34. The number of rotatable bonds is 4. The Balaban J connectivity index is 2.14. The molecule has 2 rings (SSSR count). The van der Waals surface area contributed by atoms with Crippen LogP contribution in [0, 0.1) is 0 Å². The Morgan fingerprint density at radius 3 is 2.94 bits per heavy atom. The van der Waals surface area contributed by atoms with E-state index in [0.717, 1.165) is 24.5 Å². The molecule has 1 N–H and O–H groups in total. The highest BCUT2D eigenvalue weighted by Crippen LogP contribution is 2.24. The molecule has 0 aromatic heterocycles. The minimum absolute atomic E-state index is 0.109. The van der Waals surface area contributed by atoms with Crippen LogP contribution in [0.25, 0.3) is 0 Å². The van der Waals surface area contributed by atoms with E-state index in [0.29, 0.717) is 11.4 Å². The van der Waals surface area contributed by atoms with Crippen molar-refractivity contribution < 1.29 is 13.5 Å². The van der Waals surface area contributed by atoms with E-state index >= 15 is 0 Å². The Morgan fingerprint density at radius 2 is 2.29 bits per heavy atom. The van der Waals surface area contributed by atoms with Crippen LogP contribution in [0.15, 0.2) is 23.2 Å². The van der Waals surface area contributed by atoms with Crippen LogP contribution >= 0.6 is 11.6 Å². The van der Waals surface area contributed by atoms with Gasteiger partial charge in [0.25, 0.3) is 0 Å². The standard InChI is InChI=1S/C11H11ClF2N2O/c12-9-2-1-8(17-11(13)14)5-7(9)6-10-15-3-4-16-10/h1-2,5,11H,3-4,6H2,(H,15,16). The lowest BCUT2D eigenvalue weighted by Crippen LogP contribution is -2.20. The molecule has 0 fully saturated rings. The van der Waals surface area contributed by atoms with Crippen LogP contribution < -0.4 is 10.1 Å². The number of aliphatic imine (C=N–C) groups is 1. The van der Waals surface area contributed by atoms with Gasteiger partial charge in [-0.2, -0.15) is 8.78 Å². The van der Waals surface area contributed by atoms with Gasteiger partial charge in [-0.1, -0.05) is 11.6 Å². The molecule has 0 saturated heterocycles. The highest BCUT2D eigenvalue weighted by atomic mass is 35.5. The van der Waals surface area contributed by atoms with Crippen molar-refractivity contribution in [1.82, 2.24) is 5.32 Å². The number of amidine groups is 1. The maximum Gasteiger partial charge on any atom is 0.387 e. The quantitative estimate of drug-likeness (QED) is 0.902. The Morgan fingerprint density at radius 1 is 1.47 bits per heavy atom. The summed E-state index contributed by atoms with van der Waals surface area (Å²) in [6.45, 7) is -1.29. The molecule has 1 aliphatic heterocycles. The molecule has 0 saturated carbocycles. The summed E-state index contributed by atoms with van der Waals surface area (Å²) in [7, 11) is 0. The van der Waals surface area contributed by atoms with Crippen molar-refractivity contribution in [1.29, 1.82) is 0 Å². The third kappa shape index (κ3) is 3.30. The molecule has 0 atom stereocenters. The van der Waals surface area contributed by atoms with Crippen LogP contribution in [-0.2, 0) is 6.42 Å². The van der Waals surface area contributed by atoms with Gasteiger partial charge in [0.1, 0.15) is 11.6 Å². The first kappa shape index (κ1) is 12.1. The van der Waals surface area contributed by atoms with Crippen molar-refractivity contribution in [3.63, 3.8) is 0 Å². The van der Waals surface area contributed by atoms with Crippen molar-refractivity contribution in [3.8, 4) is 5.75 Å². The van der Waals surface area contributed by atoms with E-state index in [2.05, 4.69) is 15.0 Å². The second-order valence-corrected chi connectivity index (χ2v) is 3.97. The van der Waals surface area contributed by atoms with Gasteiger partial charge in [-0.3, -0.25) is 4.99 Å². The Bertz CT molecular complexity index is 437. The van der Waals surface area contributed by atoms with Crippen LogP contribution in [-0.4, -0.2) is 25.5 Å². The summed E-state index contributed by atoms with van der Waals surface area (Å²) in [4.78, 5) is 4.22. The van der Waals surface area contributed by atoms with E-state index in [1.54, 1.807) is 6.07 Å². The van der Waals surface area contributed by atoms with Crippen LogP contribution in [0.4, 0.5) is 8.78 Å². The molecular weight excluding hydrogens is 250 g/mol. The summed E-state index contributed by atoms with van der Waals surface area (Å²) in [6.07, 6.45) is 0.499. The highest BCUT2D eigenvalue weighted by molar-refractivity contribution is 6.31. The average Bonchev–Trinajstić information content (AvgIpc) is 2.75. The van der Waals surface area contributed by atoms with E-state index < -0.39 is 6.61 Å². The Kier molecular flexibility index (Phi) is 3.78. The van der Waals surface area contributed by atoms with Crippen molar-refractivity contribution in [2.45, 2.75) is 13.0 Å². The van der Waals surface area contributed by atoms with Gasteiger partial charge >= 0.3 is 6.61 Å². The fraction of sp³-hybridized carbons (Fsp3) is 0.364. The monoisotopic (exact) mass is 260 g/mol. The molecule has 1 aromatic carbocycles. The number of alkyl halides is 2. The molecule has 0 amide bonds. The van der Waals surface area contributed by atoms with Gasteiger partial charge in [-0.15, -0.1) is 0 Å². The zero-order valence-corrected chi connectivity index (χ0v) is 9.68. The first-order chi connectivity index (χ1) is 8.15. The van der Waals surface area contributed by atoms with Gasteiger partial charge in [0.15, 0.2) is 0 Å². The fourth-order valence-electron chi connectivity index (χ4n) is 1.61. The number of hydrogen-bond acceptors (Lipinski definition) is 3. The lowest BCUT2D eigenvalue weighted by Gasteiger charge is -2.09. The molecule has 3 nitrogen and oxygen atoms in total. The summed E-state index contributed by atoms with van der Waals surface area (Å²) in [6, 6.07) is 4.48. The third-order valence-corrected chi connectivity index (χ3v) is 2.71. The van der Waals surface area contributed by atoms with Gasteiger partial charge < -0.3 is 10.1 Å². The summed E-state index contributed by atoms with van der Waals surface area (Å²) >= 11 is 5.99. The largest absolute Gasteiger partial charge is 0.435 e. The molecule has 92 valence electrons. The summed E-state index contributed by atoms with van der Waals surface area (Å²) in [5.41, 5.74) is 0.720. The average molecular weight is 261 g/mol. The van der Waals surface area contributed by atoms with E-state index in [4.69, 9.17) is 11.6 Å². The van der Waals surface area contributed by atoms with Crippen molar-refractivity contribution in [2.75, 3.05) is 13.1 Å². The van der Waals surface area contributed by atoms with Gasteiger partial charge in [0, 0.05) is 18.0 Å². The molecule has 1 aromatic rings. The number of hydrogen-bond donors (Lipinski definition) is 1. The molecule has 0 spiro atoms. The molecule has 1 heterocycles. The minimum atomic E-state index is -2.83. The molecule has 0 bridgehead atoms. The summed E-state index contributed by atoms with van der Waals surface area (Å²) in [5, 5.41) is 3.61. The number of nitrogens with one attached hydrogen (secondary N) is 1. The van der Waals surface area contributed by atoms with Crippen LogP contribution in [0.3, 0.4) is 0 Å². The SMILES string of the molecule is FC(F)Oc1ccc(Cl)c(CC2=NCCN2)c1. The number of halogens is 3. The first-order valence-electron chi connectivity index (χ1n) is 5.15. The van der Waals surface area contributed by atoms with Crippen molar-refractivity contribution >= 4 is 17.4 Å². The normalized spacial score (nSPS) is 14.7. The minimum Gasteiger partial charge on any atom is -0.435 e. The van der Waals surface area contributed by atoms with Crippen LogP contribution in [0.5, 0.6) is 5.75 Å². The Hall–Kier alpha value is -1.36. The smallest absolute Gasteiger partial charge is 0.387 e. The molecule has 0 unspecified atom stereocenters. The lowest BCUT2D eigenvalue weighted by atomic mass is 10.1. The number of benzene rings is 1. The van der Waals surface area contributed by atoms with Gasteiger partial charge in [-0.05, 0) is 23.8 Å². The first-order valence-corrected chi connectivity index (χ1v) is 5.53. The van der Waals surface area contributed by atoms with Crippen molar-refractivity contribution in [3.05, 3.63) is 28.8 Å². The number of ether oxygens (including phenoxy) is 1. The maximum absolute atomic E-state index is 12.1. The van der Waals surface area contributed by atoms with Crippen LogP contribution in [0.1, 0.15) is 5.56 Å². The fourth-order valence-corrected chi connectivity index (χ4v) is 1.79. The second kappa shape index (κ2) is 5.31.